The number of anilines is 1. The van der Waals surface area contributed by atoms with E-state index in [1.807, 2.05) is 0 Å². The molecule has 0 radical (unpaired) electrons. The van der Waals surface area contributed by atoms with Gasteiger partial charge >= 0.3 is 12.0 Å². The zero-order chi connectivity index (χ0) is 16.3. The summed E-state index contributed by atoms with van der Waals surface area (Å²) in [6.45, 7) is 1.55. The average Bonchev–Trinajstić information content (AvgIpc) is 2.44. The molecule has 0 saturated carbocycles. The Morgan fingerprint density at radius 3 is 2.27 bits per heavy atom. The Labute approximate surface area is 135 Å². The number of hydrogen-bond donors (Lipinski definition) is 1. The number of benzene rings is 2. The number of alkyl halides is 2. The lowest BCUT2D eigenvalue weighted by Gasteiger charge is -2.18. The molecule has 0 unspecified atom stereocenters. The van der Waals surface area contributed by atoms with E-state index in [0.717, 1.165) is 0 Å². The fraction of sp³-hybridized carbons (Fsp3) is 0.133. The van der Waals surface area contributed by atoms with E-state index >= 15 is 0 Å². The van der Waals surface area contributed by atoms with Crippen molar-refractivity contribution in [2.45, 2.75) is 13.0 Å². The molecular formula is C15H11Cl2F2NO2. The lowest BCUT2D eigenvalue weighted by atomic mass is 10.2. The van der Waals surface area contributed by atoms with Crippen LogP contribution in [-0.4, -0.2) is 12.0 Å². The Morgan fingerprint density at radius 1 is 1.09 bits per heavy atom. The van der Waals surface area contributed by atoms with Crippen LogP contribution in [0.2, 0.25) is 10.0 Å². The molecule has 0 bridgehead atoms. The molecule has 0 saturated heterocycles. The van der Waals surface area contributed by atoms with Crippen LogP contribution >= 0.6 is 23.2 Å². The summed E-state index contributed by atoms with van der Waals surface area (Å²) in [5.74, 6) is -1.70. The number of ether oxygens (including phenoxy) is 1. The highest BCUT2D eigenvalue weighted by Gasteiger charge is 2.42. The van der Waals surface area contributed by atoms with Crippen LogP contribution in [0.4, 0.5) is 14.5 Å². The third-order valence-electron chi connectivity index (χ3n) is 2.74. The third kappa shape index (κ3) is 4.08. The maximum atomic E-state index is 13.9. The van der Waals surface area contributed by atoms with Crippen LogP contribution in [0, 0.1) is 6.92 Å². The second kappa shape index (κ2) is 6.50. The van der Waals surface area contributed by atoms with Crippen molar-refractivity contribution in [3.8, 4) is 5.75 Å². The molecule has 1 N–H and O–H groups in total. The first-order chi connectivity index (χ1) is 10.3. The van der Waals surface area contributed by atoms with Gasteiger partial charge in [0.1, 0.15) is 5.75 Å². The summed E-state index contributed by atoms with van der Waals surface area (Å²) in [5, 5.41) is 2.88. The first-order valence-corrected chi connectivity index (χ1v) is 6.93. The number of rotatable bonds is 4. The van der Waals surface area contributed by atoms with Gasteiger partial charge in [0.15, 0.2) is 0 Å². The van der Waals surface area contributed by atoms with E-state index in [0.29, 0.717) is 15.6 Å². The molecule has 2 rings (SSSR count). The van der Waals surface area contributed by atoms with E-state index in [1.165, 1.54) is 42.5 Å². The summed E-state index contributed by atoms with van der Waals surface area (Å²) in [6, 6.07) is 9.90. The van der Waals surface area contributed by atoms with Crippen molar-refractivity contribution in [3.05, 3.63) is 58.1 Å². The third-order valence-corrected chi connectivity index (χ3v) is 3.23. The normalized spacial score (nSPS) is 11.1. The van der Waals surface area contributed by atoms with Gasteiger partial charge in [-0.15, -0.1) is 0 Å². The van der Waals surface area contributed by atoms with Gasteiger partial charge in [-0.25, -0.2) is 0 Å². The van der Waals surface area contributed by atoms with Crippen LogP contribution in [0.5, 0.6) is 5.75 Å². The monoisotopic (exact) mass is 345 g/mol. The van der Waals surface area contributed by atoms with Crippen molar-refractivity contribution in [2.75, 3.05) is 5.32 Å². The molecule has 0 atom stereocenters. The van der Waals surface area contributed by atoms with Crippen molar-refractivity contribution in [3.63, 3.8) is 0 Å². The number of carbonyl (C=O) groups is 1. The summed E-state index contributed by atoms with van der Waals surface area (Å²) in [6.07, 6.45) is -4.03. The molecule has 116 valence electrons. The zero-order valence-corrected chi connectivity index (χ0v) is 12.9. The van der Waals surface area contributed by atoms with E-state index in [1.54, 1.807) is 6.92 Å². The summed E-state index contributed by atoms with van der Waals surface area (Å²) >= 11 is 11.4. The minimum atomic E-state index is -4.03. The summed E-state index contributed by atoms with van der Waals surface area (Å²) in [7, 11) is 0. The number of hydrogen-bond acceptors (Lipinski definition) is 2. The first-order valence-electron chi connectivity index (χ1n) is 6.18. The molecular weight excluding hydrogens is 335 g/mol. The molecule has 0 aliphatic carbocycles. The van der Waals surface area contributed by atoms with E-state index < -0.39 is 12.0 Å². The predicted octanol–water partition coefficient (Wildman–Crippen LogP) is 4.91. The molecule has 0 aliphatic heterocycles. The van der Waals surface area contributed by atoms with Crippen molar-refractivity contribution in [2.24, 2.45) is 0 Å². The topological polar surface area (TPSA) is 38.3 Å². The van der Waals surface area contributed by atoms with Crippen LogP contribution < -0.4 is 10.1 Å². The van der Waals surface area contributed by atoms with Crippen molar-refractivity contribution < 1.29 is 18.3 Å². The highest BCUT2D eigenvalue weighted by Crippen LogP contribution is 2.28. The number of amides is 1. The molecule has 1 amide bonds. The van der Waals surface area contributed by atoms with Gasteiger partial charge in [0.2, 0.25) is 0 Å². The Hall–Kier alpha value is -1.85. The fourth-order valence-corrected chi connectivity index (χ4v) is 2.00. The van der Waals surface area contributed by atoms with Gasteiger partial charge in [-0.2, -0.15) is 8.78 Å². The molecule has 0 heterocycles. The molecule has 2 aromatic rings. The summed E-state index contributed by atoms with van der Waals surface area (Å²) in [5.41, 5.74) is 0.581. The van der Waals surface area contributed by atoms with Crippen molar-refractivity contribution >= 4 is 34.8 Å². The van der Waals surface area contributed by atoms with Gasteiger partial charge in [0.05, 0.1) is 0 Å². The quantitative estimate of drug-likeness (QED) is 0.854. The van der Waals surface area contributed by atoms with Crippen molar-refractivity contribution in [1.29, 1.82) is 0 Å². The Morgan fingerprint density at radius 2 is 1.68 bits per heavy atom. The lowest BCUT2D eigenvalue weighted by molar-refractivity contribution is -0.187. The SMILES string of the molecule is Cc1cc(Cl)ccc1OC(F)(F)C(=O)Nc1ccc(Cl)cc1. The molecule has 0 aromatic heterocycles. The van der Waals surface area contributed by atoms with Gasteiger partial charge in [-0.3, -0.25) is 4.79 Å². The summed E-state index contributed by atoms with van der Waals surface area (Å²) < 4.78 is 32.2. The smallest absolute Gasteiger partial charge is 0.425 e. The van der Waals surface area contributed by atoms with Crippen molar-refractivity contribution in [1.82, 2.24) is 0 Å². The first kappa shape index (κ1) is 16.5. The van der Waals surface area contributed by atoms with Crippen LogP contribution in [0.3, 0.4) is 0 Å². The minimum absolute atomic E-state index is 0.124. The molecule has 22 heavy (non-hydrogen) atoms. The second-order valence-electron chi connectivity index (χ2n) is 4.49. The van der Waals surface area contributed by atoms with Crippen LogP contribution in [0.15, 0.2) is 42.5 Å². The highest BCUT2D eigenvalue weighted by atomic mass is 35.5. The lowest BCUT2D eigenvalue weighted by Crippen LogP contribution is -2.40. The molecule has 0 spiro atoms. The van der Waals surface area contributed by atoms with Crippen LogP contribution in [0.1, 0.15) is 5.56 Å². The zero-order valence-electron chi connectivity index (χ0n) is 11.4. The minimum Gasteiger partial charge on any atom is -0.425 e. The second-order valence-corrected chi connectivity index (χ2v) is 5.36. The van der Waals surface area contributed by atoms with E-state index in [-0.39, 0.29) is 11.4 Å². The largest absolute Gasteiger partial charge is 0.482 e. The Balaban J connectivity index is 2.11. The van der Waals surface area contributed by atoms with Crippen LogP contribution in [0.25, 0.3) is 0 Å². The highest BCUT2D eigenvalue weighted by molar-refractivity contribution is 6.31. The fourth-order valence-electron chi connectivity index (χ4n) is 1.65. The average molecular weight is 346 g/mol. The number of aryl methyl sites for hydroxylation is 1. The van der Waals surface area contributed by atoms with Gasteiger partial charge in [-0.1, -0.05) is 23.2 Å². The van der Waals surface area contributed by atoms with Gasteiger partial charge in [0, 0.05) is 15.7 Å². The van der Waals surface area contributed by atoms with Gasteiger partial charge < -0.3 is 10.1 Å². The molecule has 3 nitrogen and oxygen atoms in total. The Bertz CT molecular complexity index is 690. The predicted molar refractivity (Wildman–Crippen MR) is 81.8 cm³/mol. The van der Waals surface area contributed by atoms with Gasteiger partial charge in [-0.05, 0) is 55.0 Å². The summed E-state index contributed by atoms with van der Waals surface area (Å²) in [4.78, 5) is 11.7. The van der Waals surface area contributed by atoms with E-state index in [9.17, 15) is 13.6 Å². The number of carbonyl (C=O) groups excluding carboxylic acids is 1. The van der Waals surface area contributed by atoms with Gasteiger partial charge in [0.25, 0.3) is 0 Å². The number of halogens is 4. The number of nitrogens with one attached hydrogen (secondary N) is 1. The molecule has 2 aromatic carbocycles. The maximum absolute atomic E-state index is 13.9. The molecule has 0 aliphatic rings. The Kier molecular flexibility index (Phi) is 4.88. The van der Waals surface area contributed by atoms with E-state index in [2.05, 4.69) is 10.1 Å². The van der Waals surface area contributed by atoms with Crippen LogP contribution in [-0.2, 0) is 4.79 Å². The standard InChI is InChI=1S/C15H11Cl2F2NO2/c1-9-8-11(17)4-7-13(9)22-15(18,19)14(21)20-12-5-2-10(16)3-6-12/h2-8H,1H3,(H,20,21). The van der Waals surface area contributed by atoms with E-state index in [4.69, 9.17) is 23.2 Å². The maximum Gasteiger partial charge on any atom is 0.482 e. The molecule has 7 heteroatoms. The molecule has 0 fully saturated rings.